The normalized spacial score (nSPS) is 13.7. The van der Waals surface area contributed by atoms with Crippen LogP contribution in [0.2, 0.25) is 5.02 Å². The Hall–Kier alpha value is -1.89. The molecule has 0 aliphatic rings. The van der Waals surface area contributed by atoms with Crippen molar-refractivity contribution in [2.45, 2.75) is 18.6 Å². The van der Waals surface area contributed by atoms with Gasteiger partial charge in [-0.15, -0.1) is 0 Å². The SMILES string of the molecule is NC(Cc1ccn[nH]1)C(=O)NC[C@H](O)c1ccc(Cl)cc1. The number of aliphatic hydroxyl groups excluding tert-OH is 1. The molecule has 0 saturated carbocycles. The Labute approximate surface area is 127 Å². The number of halogens is 1. The molecule has 1 heterocycles. The van der Waals surface area contributed by atoms with Gasteiger partial charge in [0.15, 0.2) is 0 Å². The van der Waals surface area contributed by atoms with Gasteiger partial charge in [-0.1, -0.05) is 23.7 Å². The minimum Gasteiger partial charge on any atom is -0.387 e. The zero-order chi connectivity index (χ0) is 15.2. The van der Waals surface area contributed by atoms with Crippen LogP contribution in [-0.2, 0) is 11.2 Å². The number of aromatic nitrogens is 2. The highest BCUT2D eigenvalue weighted by Crippen LogP contribution is 2.15. The van der Waals surface area contributed by atoms with Gasteiger partial charge in [0.05, 0.1) is 12.1 Å². The van der Waals surface area contributed by atoms with Crippen molar-refractivity contribution in [3.63, 3.8) is 0 Å². The molecule has 2 atom stereocenters. The maximum Gasteiger partial charge on any atom is 0.237 e. The quantitative estimate of drug-likeness (QED) is 0.633. The van der Waals surface area contributed by atoms with Crippen LogP contribution < -0.4 is 11.1 Å². The van der Waals surface area contributed by atoms with Gasteiger partial charge in [0.2, 0.25) is 5.91 Å². The van der Waals surface area contributed by atoms with Gasteiger partial charge in [-0.25, -0.2) is 0 Å². The van der Waals surface area contributed by atoms with Crippen molar-refractivity contribution in [1.82, 2.24) is 15.5 Å². The lowest BCUT2D eigenvalue weighted by molar-refractivity contribution is -0.122. The topological polar surface area (TPSA) is 104 Å². The van der Waals surface area contributed by atoms with Crippen LogP contribution in [0.4, 0.5) is 0 Å². The number of H-pyrrole nitrogens is 1. The Morgan fingerprint density at radius 3 is 2.71 bits per heavy atom. The number of benzene rings is 1. The Balaban J connectivity index is 1.81. The third kappa shape index (κ3) is 4.56. The molecule has 112 valence electrons. The molecule has 0 saturated heterocycles. The molecular formula is C14H17ClN4O2. The average Bonchev–Trinajstić information content (AvgIpc) is 2.98. The first-order chi connectivity index (χ1) is 10.1. The number of rotatable bonds is 6. The van der Waals surface area contributed by atoms with Crippen molar-refractivity contribution in [3.8, 4) is 0 Å². The molecule has 0 fully saturated rings. The minimum absolute atomic E-state index is 0.0944. The molecule has 0 radical (unpaired) electrons. The zero-order valence-electron chi connectivity index (χ0n) is 11.3. The van der Waals surface area contributed by atoms with Crippen molar-refractivity contribution >= 4 is 17.5 Å². The molecule has 0 aliphatic carbocycles. The van der Waals surface area contributed by atoms with Crippen molar-refractivity contribution in [1.29, 1.82) is 0 Å². The smallest absolute Gasteiger partial charge is 0.237 e. The van der Waals surface area contributed by atoms with Crippen molar-refractivity contribution in [2.75, 3.05) is 6.54 Å². The van der Waals surface area contributed by atoms with E-state index in [1.807, 2.05) is 0 Å². The number of amides is 1. The van der Waals surface area contributed by atoms with E-state index in [0.29, 0.717) is 17.0 Å². The van der Waals surface area contributed by atoms with Crippen molar-refractivity contribution < 1.29 is 9.90 Å². The molecule has 1 aromatic heterocycles. The van der Waals surface area contributed by atoms with E-state index in [0.717, 1.165) is 5.69 Å². The van der Waals surface area contributed by atoms with Crippen LogP contribution in [0.25, 0.3) is 0 Å². The van der Waals surface area contributed by atoms with Gasteiger partial charge in [-0.05, 0) is 23.8 Å². The van der Waals surface area contributed by atoms with E-state index in [2.05, 4.69) is 15.5 Å². The highest BCUT2D eigenvalue weighted by molar-refractivity contribution is 6.30. The van der Waals surface area contributed by atoms with Crippen molar-refractivity contribution in [2.24, 2.45) is 5.73 Å². The summed E-state index contributed by atoms with van der Waals surface area (Å²) in [5.41, 5.74) is 7.26. The standard InChI is InChI=1S/C14H17ClN4O2/c15-10-3-1-9(2-4-10)13(20)8-17-14(21)12(16)7-11-5-6-18-19-11/h1-6,12-13,20H,7-8,16H2,(H,17,21)(H,18,19)/t12?,13-/m0/s1. The Bertz CT molecular complexity index is 571. The van der Waals surface area contributed by atoms with E-state index in [4.69, 9.17) is 17.3 Å². The van der Waals surface area contributed by atoms with Crippen LogP contribution in [0.1, 0.15) is 17.4 Å². The van der Waals surface area contributed by atoms with E-state index >= 15 is 0 Å². The third-order valence-corrected chi connectivity index (χ3v) is 3.31. The molecule has 0 bridgehead atoms. The average molecular weight is 309 g/mol. The number of hydrogen-bond donors (Lipinski definition) is 4. The van der Waals surface area contributed by atoms with E-state index in [-0.39, 0.29) is 12.5 Å². The third-order valence-electron chi connectivity index (χ3n) is 3.06. The summed E-state index contributed by atoms with van der Waals surface area (Å²) >= 11 is 5.78. The molecule has 21 heavy (non-hydrogen) atoms. The van der Waals surface area contributed by atoms with E-state index in [9.17, 15) is 9.90 Å². The largest absolute Gasteiger partial charge is 0.387 e. The first kappa shape index (κ1) is 15.5. The molecule has 2 rings (SSSR count). The fourth-order valence-corrected chi connectivity index (χ4v) is 1.99. The lowest BCUT2D eigenvalue weighted by Gasteiger charge is -2.15. The van der Waals surface area contributed by atoms with Crippen LogP contribution in [-0.4, -0.2) is 33.8 Å². The summed E-state index contributed by atoms with van der Waals surface area (Å²) in [4.78, 5) is 11.9. The number of carbonyl (C=O) groups excluding carboxylic acids is 1. The zero-order valence-corrected chi connectivity index (χ0v) is 12.0. The molecule has 0 aliphatic heterocycles. The number of nitrogens with two attached hydrogens (primary N) is 1. The first-order valence-electron chi connectivity index (χ1n) is 6.51. The second kappa shape index (κ2) is 7.21. The van der Waals surface area contributed by atoms with Crippen LogP contribution in [0.15, 0.2) is 36.5 Å². The summed E-state index contributed by atoms with van der Waals surface area (Å²) in [5.74, 6) is -0.322. The molecule has 1 unspecified atom stereocenters. The molecule has 5 N–H and O–H groups in total. The van der Waals surface area contributed by atoms with Gasteiger partial charge in [-0.3, -0.25) is 9.89 Å². The molecule has 0 spiro atoms. The van der Waals surface area contributed by atoms with Gasteiger partial charge in [0, 0.05) is 29.9 Å². The summed E-state index contributed by atoms with van der Waals surface area (Å²) in [6.07, 6.45) is 1.16. The summed E-state index contributed by atoms with van der Waals surface area (Å²) in [5, 5.41) is 19.7. The molecule has 1 aromatic carbocycles. The van der Waals surface area contributed by atoms with Gasteiger partial charge in [0.1, 0.15) is 0 Å². The lowest BCUT2D eigenvalue weighted by atomic mass is 10.1. The summed E-state index contributed by atoms with van der Waals surface area (Å²) in [6.45, 7) is 0.0944. The van der Waals surface area contributed by atoms with Crippen molar-refractivity contribution in [3.05, 3.63) is 52.8 Å². The predicted molar refractivity (Wildman–Crippen MR) is 79.7 cm³/mol. The highest BCUT2D eigenvalue weighted by Gasteiger charge is 2.16. The maximum absolute atomic E-state index is 11.9. The Morgan fingerprint density at radius 2 is 2.10 bits per heavy atom. The van der Waals surface area contributed by atoms with E-state index in [1.165, 1.54) is 0 Å². The van der Waals surface area contributed by atoms with Crippen LogP contribution in [0.5, 0.6) is 0 Å². The second-order valence-corrected chi connectivity index (χ2v) is 5.14. The monoisotopic (exact) mass is 308 g/mol. The van der Waals surface area contributed by atoms with Crippen LogP contribution in [0, 0.1) is 0 Å². The number of aromatic amines is 1. The fourth-order valence-electron chi connectivity index (χ4n) is 1.86. The van der Waals surface area contributed by atoms with Gasteiger partial charge >= 0.3 is 0 Å². The summed E-state index contributed by atoms with van der Waals surface area (Å²) in [7, 11) is 0. The second-order valence-electron chi connectivity index (χ2n) is 4.70. The molecule has 2 aromatic rings. The van der Waals surface area contributed by atoms with Gasteiger partial charge in [-0.2, -0.15) is 5.10 Å². The summed E-state index contributed by atoms with van der Waals surface area (Å²) in [6, 6.07) is 7.86. The molecule has 6 nitrogen and oxygen atoms in total. The Morgan fingerprint density at radius 1 is 1.38 bits per heavy atom. The van der Waals surface area contributed by atoms with E-state index in [1.54, 1.807) is 36.5 Å². The predicted octanol–water partition coefficient (Wildman–Crippen LogP) is 0.783. The molecule has 1 amide bonds. The number of nitrogens with one attached hydrogen (secondary N) is 2. The number of aliphatic hydroxyl groups is 1. The number of nitrogens with zero attached hydrogens (tertiary/aromatic N) is 1. The molecule has 7 heteroatoms. The van der Waals surface area contributed by atoms with Gasteiger partial charge < -0.3 is 16.2 Å². The first-order valence-corrected chi connectivity index (χ1v) is 6.89. The maximum atomic E-state index is 11.9. The highest BCUT2D eigenvalue weighted by atomic mass is 35.5. The van der Waals surface area contributed by atoms with Crippen LogP contribution >= 0.6 is 11.6 Å². The van der Waals surface area contributed by atoms with E-state index < -0.39 is 12.1 Å². The molecular weight excluding hydrogens is 292 g/mol. The van der Waals surface area contributed by atoms with Crippen LogP contribution in [0.3, 0.4) is 0 Å². The Kier molecular flexibility index (Phi) is 5.32. The fraction of sp³-hybridized carbons (Fsp3) is 0.286. The summed E-state index contributed by atoms with van der Waals surface area (Å²) < 4.78 is 0. The number of carbonyl (C=O) groups is 1. The minimum atomic E-state index is -0.800. The van der Waals surface area contributed by atoms with Gasteiger partial charge in [0.25, 0.3) is 0 Å². The number of hydrogen-bond acceptors (Lipinski definition) is 4. The lowest BCUT2D eigenvalue weighted by Crippen LogP contribution is -2.43.